The maximum absolute atomic E-state index is 12.3. The number of hydrogen-bond acceptors (Lipinski definition) is 5. The molecule has 0 bridgehead atoms. The molecule has 1 saturated heterocycles. The third kappa shape index (κ3) is 3.16. The predicted octanol–water partition coefficient (Wildman–Crippen LogP) is 1.64. The molecule has 1 atom stereocenters. The van der Waals surface area contributed by atoms with Gasteiger partial charge in [-0.05, 0) is 19.1 Å². The van der Waals surface area contributed by atoms with Crippen LogP contribution in [-0.2, 0) is 0 Å². The topological polar surface area (TPSA) is 72.6 Å². The van der Waals surface area contributed by atoms with E-state index in [1.165, 1.54) is 6.07 Å². The summed E-state index contributed by atoms with van der Waals surface area (Å²) in [6.07, 6.45) is 2.19. The van der Waals surface area contributed by atoms with Gasteiger partial charge in [0, 0.05) is 25.2 Å². The summed E-state index contributed by atoms with van der Waals surface area (Å²) in [6, 6.07) is 8.25. The Morgan fingerprint density at radius 1 is 1.41 bits per heavy atom. The van der Waals surface area contributed by atoms with E-state index in [2.05, 4.69) is 4.98 Å². The molecule has 6 heteroatoms. The summed E-state index contributed by atoms with van der Waals surface area (Å²) >= 11 is 0. The highest BCUT2D eigenvalue weighted by atomic mass is 16.5. The zero-order chi connectivity index (χ0) is 15.5. The van der Waals surface area contributed by atoms with Gasteiger partial charge in [0.05, 0.1) is 12.6 Å². The fraction of sp³-hybridized carbons (Fsp3) is 0.312. The van der Waals surface area contributed by atoms with Gasteiger partial charge in [0.1, 0.15) is 23.3 Å². The van der Waals surface area contributed by atoms with Crippen LogP contribution >= 0.6 is 0 Å². The minimum Gasteiger partial charge on any atom is -0.488 e. The van der Waals surface area contributed by atoms with Gasteiger partial charge in [0.25, 0.3) is 5.91 Å². The second kappa shape index (κ2) is 6.01. The van der Waals surface area contributed by atoms with Crippen LogP contribution in [-0.4, -0.2) is 35.0 Å². The smallest absolute Gasteiger partial charge is 0.339 e. The highest BCUT2D eigenvalue weighted by Gasteiger charge is 2.28. The number of likely N-dealkylation sites (tertiary alicyclic amines) is 1. The first-order chi connectivity index (χ1) is 10.6. The number of rotatable bonds is 3. The zero-order valence-electron chi connectivity index (χ0n) is 12.2. The quantitative estimate of drug-likeness (QED) is 0.861. The molecule has 0 radical (unpaired) electrons. The van der Waals surface area contributed by atoms with E-state index < -0.39 is 5.63 Å². The van der Waals surface area contributed by atoms with E-state index in [-0.39, 0.29) is 12.0 Å². The molecule has 0 saturated carbocycles. The van der Waals surface area contributed by atoms with Crippen molar-refractivity contribution in [2.45, 2.75) is 19.4 Å². The van der Waals surface area contributed by atoms with E-state index in [0.29, 0.717) is 30.3 Å². The number of nitrogens with zero attached hydrogens (tertiary/aromatic N) is 2. The Labute approximate surface area is 127 Å². The number of amides is 1. The number of hydrogen-bond donors (Lipinski definition) is 0. The summed E-state index contributed by atoms with van der Waals surface area (Å²) in [6.45, 7) is 2.79. The molecule has 6 nitrogen and oxygen atoms in total. The molecule has 0 spiro atoms. The second-order valence-corrected chi connectivity index (χ2v) is 5.22. The van der Waals surface area contributed by atoms with E-state index in [9.17, 15) is 9.59 Å². The fourth-order valence-electron chi connectivity index (χ4n) is 2.50. The van der Waals surface area contributed by atoms with Crippen molar-refractivity contribution in [1.82, 2.24) is 9.88 Å². The van der Waals surface area contributed by atoms with Gasteiger partial charge in [-0.25, -0.2) is 4.79 Å². The molecule has 1 fully saturated rings. The number of carbonyl (C=O) groups excluding carboxylic acids is 1. The van der Waals surface area contributed by atoms with Crippen molar-refractivity contribution in [1.29, 1.82) is 0 Å². The highest BCUT2D eigenvalue weighted by Crippen LogP contribution is 2.19. The van der Waals surface area contributed by atoms with Crippen molar-refractivity contribution >= 4 is 5.91 Å². The summed E-state index contributed by atoms with van der Waals surface area (Å²) < 4.78 is 10.7. The van der Waals surface area contributed by atoms with Crippen LogP contribution in [0, 0.1) is 6.92 Å². The molecule has 0 aliphatic carbocycles. The average molecular weight is 300 g/mol. The van der Waals surface area contributed by atoms with Crippen LogP contribution < -0.4 is 10.4 Å². The van der Waals surface area contributed by atoms with Crippen LogP contribution in [0.25, 0.3) is 0 Å². The molecule has 2 aromatic rings. The molecule has 0 N–H and O–H groups in total. The molecule has 1 amide bonds. The molecule has 0 aromatic carbocycles. The van der Waals surface area contributed by atoms with Crippen molar-refractivity contribution in [2.75, 3.05) is 13.1 Å². The summed E-state index contributed by atoms with van der Waals surface area (Å²) in [4.78, 5) is 29.4. The summed E-state index contributed by atoms with van der Waals surface area (Å²) in [7, 11) is 0. The lowest BCUT2D eigenvalue weighted by Crippen LogP contribution is -2.31. The SMILES string of the molecule is Cc1cc(OC2CCN(C(=O)c3ccccn3)C2)cc(=O)o1. The minimum atomic E-state index is -0.436. The predicted molar refractivity (Wildman–Crippen MR) is 78.9 cm³/mol. The highest BCUT2D eigenvalue weighted by molar-refractivity contribution is 5.92. The van der Waals surface area contributed by atoms with Crippen molar-refractivity contribution in [3.8, 4) is 5.75 Å². The third-order valence-corrected chi connectivity index (χ3v) is 3.49. The standard InChI is InChI=1S/C16H16N2O4/c1-11-8-13(9-15(19)21-11)22-12-5-7-18(10-12)16(20)14-4-2-3-6-17-14/h2-4,6,8-9,12H,5,7,10H2,1H3. The largest absolute Gasteiger partial charge is 0.488 e. The molecule has 1 aliphatic heterocycles. The minimum absolute atomic E-state index is 0.101. The first-order valence-electron chi connectivity index (χ1n) is 7.10. The van der Waals surface area contributed by atoms with Gasteiger partial charge in [-0.1, -0.05) is 6.07 Å². The molecule has 3 rings (SSSR count). The Morgan fingerprint density at radius 2 is 2.27 bits per heavy atom. The number of aryl methyl sites for hydroxylation is 1. The average Bonchev–Trinajstić information content (AvgIpc) is 2.95. The van der Waals surface area contributed by atoms with Crippen molar-refractivity contribution in [2.24, 2.45) is 0 Å². The Balaban J connectivity index is 1.65. The Bertz CT molecular complexity index is 726. The van der Waals surface area contributed by atoms with E-state index in [4.69, 9.17) is 9.15 Å². The van der Waals surface area contributed by atoms with Gasteiger partial charge < -0.3 is 14.1 Å². The fourth-order valence-corrected chi connectivity index (χ4v) is 2.50. The molecule has 3 heterocycles. The number of pyridine rings is 1. The summed E-state index contributed by atoms with van der Waals surface area (Å²) in [5.74, 6) is 0.878. The van der Waals surface area contributed by atoms with Gasteiger partial charge in [-0.3, -0.25) is 9.78 Å². The number of aromatic nitrogens is 1. The molecule has 22 heavy (non-hydrogen) atoms. The molecule has 1 unspecified atom stereocenters. The third-order valence-electron chi connectivity index (χ3n) is 3.49. The van der Waals surface area contributed by atoms with E-state index in [1.54, 1.807) is 42.3 Å². The van der Waals surface area contributed by atoms with Crippen LogP contribution in [0.3, 0.4) is 0 Å². The lowest BCUT2D eigenvalue weighted by atomic mass is 10.3. The molecular formula is C16H16N2O4. The van der Waals surface area contributed by atoms with Gasteiger partial charge in [0.2, 0.25) is 0 Å². The first kappa shape index (κ1) is 14.3. The maximum Gasteiger partial charge on any atom is 0.339 e. The second-order valence-electron chi connectivity index (χ2n) is 5.22. The van der Waals surface area contributed by atoms with Gasteiger partial charge in [-0.15, -0.1) is 0 Å². The van der Waals surface area contributed by atoms with E-state index in [1.807, 2.05) is 0 Å². The van der Waals surface area contributed by atoms with Crippen LogP contribution in [0.1, 0.15) is 22.7 Å². The Kier molecular flexibility index (Phi) is 3.91. The van der Waals surface area contributed by atoms with Crippen molar-refractivity contribution < 1.29 is 13.9 Å². The summed E-state index contributed by atoms with van der Waals surface area (Å²) in [5, 5.41) is 0. The van der Waals surface area contributed by atoms with Gasteiger partial charge in [-0.2, -0.15) is 0 Å². The Hall–Kier alpha value is -2.63. The van der Waals surface area contributed by atoms with E-state index in [0.717, 1.165) is 6.42 Å². The van der Waals surface area contributed by atoms with Crippen LogP contribution in [0.15, 0.2) is 45.7 Å². The lowest BCUT2D eigenvalue weighted by molar-refractivity contribution is 0.0766. The van der Waals surface area contributed by atoms with Crippen molar-refractivity contribution in [3.63, 3.8) is 0 Å². The molecule has 114 valence electrons. The lowest BCUT2D eigenvalue weighted by Gasteiger charge is -2.16. The Morgan fingerprint density at radius 3 is 3.00 bits per heavy atom. The normalized spacial score (nSPS) is 17.5. The van der Waals surface area contributed by atoms with Crippen LogP contribution in [0.4, 0.5) is 0 Å². The maximum atomic E-state index is 12.3. The summed E-state index contributed by atoms with van der Waals surface area (Å²) in [5.41, 5.74) is -0.00577. The van der Waals surface area contributed by atoms with Crippen LogP contribution in [0.2, 0.25) is 0 Å². The molecule has 2 aromatic heterocycles. The first-order valence-corrected chi connectivity index (χ1v) is 7.10. The zero-order valence-corrected chi connectivity index (χ0v) is 12.2. The van der Waals surface area contributed by atoms with Gasteiger partial charge in [0.15, 0.2) is 0 Å². The van der Waals surface area contributed by atoms with Gasteiger partial charge >= 0.3 is 5.63 Å². The number of ether oxygens (including phenoxy) is 1. The monoisotopic (exact) mass is 300 g/mol. The molecule has 1 aliphatic rings. The van der Waals surface area contributed by atoms with Crippen molar-refractivity contribution in [3.05, 3.63) is 58.4 Å². The van der Waals surface area contributed by atoms with E-state index >= 15 is 0 Å². The molecular weight excluding hydrogens is 284 g/mol. The number of carbonyl (C=O) groups is 1. The van der Waals surface area contributed by atoms with Crippen LogP contribution in [0.5, 0.6) is 5.75 Å².